The molecule has 0 saturated heterocycles. The Kier molecular flexibility index (Phi) is 4.35. The molecule has 1 fully saturated rings. The molecular formula is C18H19N5O4. The Morgan fingerprint density at radius 2 is 2.15 bits per heavy atom. The minimum atomic E-state index is -0.170. The van der Waals surface area contributed by atoms with Crippen molar-refractivity contribution in [2.75, 3.05) is 20.8 Å². The van der Waals surface area contributed by atoms with Gasteiger partial charge in [0.05, 0.1) is 38.0 Å². The summed E-state index contributed by atoms with van der Waals surface area (Å²) in [4.78, 5) is 24.8. The molecule has 3 aromatic heterocycles. The molecule has 0 bridgehead atoms. The van der Waals surface area contributed by atoms with Crippen molar-refractivity contribution in [2.24, 2.45) is 5.92 Å². The highest BCUT2D eigenvalue weighted by Crippen LogP contribution is 2.49. The summed E-state index contributed by atoms with van der Waals surface area (Å²) in [6.45, 7) is 2.19. The minimum absolute atomic E-state index is 0.0564. The Morgan fingerprint density at radius 3 is 2.89 bits per heavy atom. The number of aromatic nitrogens is 5. The second-order valence-electron chi connectivity index (χ2n) is 6.16. The largest absolute Gasteiger partial charge is 0.480 e. The minimum Gasteiger partial charge on any atom is -0.480 e. The number of imidazole rings is 1. The molecule has 0 N–H and O–H groups in total. The van der Waals surface area contributed by atoms with E-state index in [-0.39, 0.29) is 23.8 Å². The third-order valence-corrected chi connectivity index (χ3v) is 4.55. The highest BCUT2D eigenvalue weighted by atomic mass is 16.5. The van der Waals surface area contributed by atoms with Crippen LogP contribution >= 0.6 is 0 Å². The fourth-order valence-corrected chi connectivity index (χ4v) is 3.17. The molecule has 1 aliphatic rings. The van der Waals surface area contributed by atoms with Crippen molar-refractivity contribution in [1.82, 2.24) is 24.6 Å². The molecule has 1 aliphatic carbocycles. The van der Waals surface area contributed by atoms with E-state index in [2.05, 4.69) is 20.1 Å². The van der Waals surface area contributed by atoms with E-state index in [4.69, 9.17) is 14.2 Å². The van der Waals surface area contributed by atoms with Gasteiger partial charge in [0.25, 0.3) is 0 Å². The average molecular weight is 369 g/mol. The van der Waals surface area contributed by atoms with Gasteiger partial charge in [-0.3, -0.25) is 4.79 Å². The quantitative estimate of drug-likeness (QED) is 0.607. The van der Waals surface area contributed by atoms with E-state index in [1.807, 2.05) is 13.0 Å². The zero-order valence-electron chi connectivity index (χ0n) is 15.2. The molecule has 9 heteroatoms. The number of fused-ring (bicyclic) bond motifs is 1. The smallest absolute Gasteiger partial charge is 0.319 e. The third-order valence-electron chi connectivity index (χ3n) is 4.55. The van der Waals surface area contributed by atoms with Crippen LogP contribution in [0.1, 0.15) is 24.8 Å². The molecule has 4 rings (SSSR count). The lowest BCUT2D eigenvalue weighted by atomic mass is 10.1. The maximum atomic E-state index is 12.1. The maximum absolute atomic E-state index is 12.1. The molecule has 3 aromatic rings. The first-order chi connectivity index (χ1) is 13.2. The molecule has 140 valence electrons. The number of methoxy groups -OCH3 is 2. The maximum Gasteiger partial charge on any atom is 0.319 e. The van der Waals surface area contributed by atoms with E-state index in [1.165, 1.54) is 14.2 Å². The summed E-state index contributed by atoms with van der Waals surface area (Å²) in [5, 5.41) is 4.58. The number of ether oxygens (including phenoxy) is 3. The van der Waals surface area contributed by atoms with E-state index in [9.17, 15) is 4.79 Å². The van der Waals surface area contributed by atoms with Crippen molar-refractivity contribution in [3.63, 3.8) is 0 Å². The fraction of sp³-hybridized carbons (Fsp3) is 0.389. The van der Waals surface area contributed by atoms with E-state index in [1.54, 1.807) is 23.1 Å². The Hall–Kier alpha value is -3.23. The third kappa shape index (κ3) is 3.05. The van der Waals surface area contributed by atoms with Gasteiger partial charge in [-0.2, -0.15) is 10.1 Å². The first kappa shape index (κ1) is 17.2. The van der Waals surface area contributed by atoms with E-state index in [0.717, 1.165) is 17.6 Å². The van der Waals surface area contributed by atoms with Crippen LogP contribution < -0.4 is 9.47 Å². The molecule has 0 aliphatic heterocycles. The number of carbonyl (C=O) groups is 1. The molecule has 2 atom stereocenters. The summed E-state index contributed by atoms with van der Waals surface area (Å²) in [5.41, 5.74) is 2.93. The monoisotopic (exact) mass is 369 g/mol. The van der Waals surface area contributed by atoms with Crippen LogP contribution in [-0.4, -0.2) is 51.4 Å². The van der Waals surface area contributed by atoms with Gasteiger partial charge in [0.15, 0.2) is 5.65 Å². The highest BCUT2D eigenvalue weighted by molar-refractivity contribution is 5.79. The van der Waals surface area contributed by atoms with E-state index < -0.39 is 0 Å². The van der Waals surface area contributed by atoms with Crippen LogP contribution in [0.3, 0.4) is 0 Å². The van der Waals surface area contributed by atoms with E-state index >= 15 is 0 Å². The van der Waals surface area contributed by atoms with Crippen molar-refractivity contribution < 1.29 is 19.0 Å². The zero-order chi connectivity index (χ0) is 19.0. The fourth-order valence-electron chi connectivity index (χ4n) is 3.17. The zero-order valence-corrected chi connectivity index (χ0v) is 15.2. The summed E-state index contributed by atoms with van der Waals surface area (Å²) in [6.07, 6.45) is 5.79. The van der Waals surface area contributed by atoms with Gasteiger partial charge < -0.3 is 14.2 Å². The summed E-state index contributed by atoms with van der Waals surface area (Å²) < 4.78 is 17.3. The Bertz CT molecular complexity index is 1000. The molecule has 27 heavy (non-hydrogen) atoms. The van der Waals surface area contributed by atoms with E-state index in [0.29, 0.717) is 23.7 Å². The average Bonchev–Trinajstić information content (AvgIpc) is 3.35. The molecule has 2 unspecified atom stereocenters. The number of nitrogens with zero attached hydrogens (tertiary/aromatic N) is 5. The lowest BCUT2D eigenvalue weighted by Gasteiger charge is -2.10. The van der Waals surface area contributed by atoms with Gasteiger partial charge in [0, 0.05) is 30.1 Å². The molecule has 3 heterocycles. The molecule has 0 radical (unpaired) electrons. The van der Waals surface area contributed by atoms with Crippen LogP contribution in [0.15, 0.2) is 24.7 Å². The van der Waals surface area contributed by atoms with Crippen LogP contribution in [0.5, 0.6) is 11.9 Å². The first-order valence-electron chi connectivity index (χ1n) is 8.62. The van der Waals surface area contributed by atoms with Gasteiger partial charge in [0.2, 0.25) is 5.88 Å². The second-order valence-corrected chi connectivity index (χ2v) is 6.16. The van der Waals surface area contributed by atoms with Crippen molar-refractivity contribution >= 4 is 11.6 Å². The number of hydrogen-bond donors (Lipinski definition) is 0. The van der Waals surface area contributed by atoms with Crippen molar-refractivity contribution in [1.29, 1.82) is 0 Å². The Balaban J connectivity index is 1.77. The van der Waals surface area contributed by atoms with Gasteiger partial charge in [-0.15, -0.1) is 0 Å². The molecule has 0 spiro atoms. The lowest BCUT2D eigenvalue weighted by Crippen LogP contribution is -2.08. The van der Waals surface area contributed by atoms with Crippen molar-refractivity contribution in [3.8, 4) is 23.1 Å². The topological polar surface area (TPSA) is 101 Å². The van der Waals surface area contributed by atoms with Gasteiger partial charge >= 0.3 is 12.0 Å². The highest BCUT2D eigenvalue weighted by Gasteiger charge is 2.46. The number of rotatable bonds is 6. The molecule has 0 aromatic carbocycles. The van der Waals surface area contributed by atoms with Crippen LogP contribution in [-0.2, 0) is 9.53 Å². The number of esters is 1. The molecular weight excluding hydrogens is 350 g/mol. The predicted octanol–water partition coefficient (Wildman–Crippen LogP) is 1.87. The summed E-state index contributed by atoms with van der Waals surface area (Å²) in [6, 6.07) is 2.13. The van der Waals surface area contributed by atoms with Gasteiger partial charge in [-0.05, 0) is 19.4 Å². The lowest BCUT2D eigenvalue weighted by molar-refractivity contribution is -0.144. The van der Waals surface area contributed by atoms with Gasteiger partial charge in [-0.1, -0.05) is 0 Å². The molecule has 1 saturated carbocycles. The van der Waals surface area contributed by atoms with Crippen molar-refractivity contribution in [2.45, 2.75) is 19.3 Å². The van der Waals surface area contributed by atoms with Gasteiger partial charge in [0.1, 0.15) is 0 Å². The molecule has 0 amide bonds. The first-order valence-corrected chi connectivity index (χ1v) is 8.62. The normalized spacial score (nSPS) is 18.3. The van der Waals surface area contributed by atoms with Crippen LogP contribution in [0.25, 0.3) is 16.9 Å². The number of carbonyl (C=O) groups excluding carboxylic acids is 1. The van der Waals surface area contributed by atoms with Crippen LogP contribution in [0.2, 0.25) is 0 Å². The second kappa shape index (κ2) is 6.82. The van der Waals surface area contributed by atoms with Gasteiger partial charge in [-0.25, -0.2) is 14.5 Å². The molecule has 9 nitrogen and oxygen atoms in total. The van der Waals surface area contributed by atoms with Crippen LogP contribution in [0, 0.1) is 5.92 Å². The van der Waals surface area contributed by atoms with Crippen LogP contribution in [0.4, 0.5) is 0 Å². The Morgan fingerprint density at radius 1 is 1.30 bits per heavy atom. The Labute approximate surface area is 155 Å². The summed E-state index contributed by atoms with van der Waals surface area (Å²) >= 11 is 0. The summed E-state index contributed by atoms with van der Waals surface area (Å²) in [7, 11) is 3.02. The SMILES string of the molecule is CCOC(=O)C1CC1c1cc(-c2cnc(OC)nc2OC)nn2ccnc12. The summed E-state index contributed by atoms with van der Waals surface area (Å²) in [5.74, 6) is 0.101. The van der Waals surface area contributed by atoms with Crippen molar-refractivity contribution in [3.05, 3.63) is 30.2 Å². The predicted molar refractivity (Wildman–Crippen MR) is 94.6 cm³/mol. The standard InChI is InChI=1S/C18H19N5O4/c1-4-27-17(24)12-7-10(12)11-8-14(22-23-6-5-19-15(11)23)13-9-20-18(26-3)21-16(13)25-2/h5-6,8-10,12H,4,7H2,1-3H3. The number of hydrogen-bond acceptors (Lipinski definition) is 8.